The Morgan fingerprint density at radius 2 is 2.16 bits per heavy atom. The Morgan fingerprint density at radius 3 is 3.00 bits per heavy atom. The van der Waals surface area contributed by atoms with Crippen LogP contribution in [0.5, 0.6) is 0 Å². The van der Waals surface area contributed by atoms with E-state index in [1.165, 1.54) is 18.5 Å². The van der Waals surface area contributed by atoms with Gasteiger partial charge in [-0.2, -0.15) is 5.10 Å². The van der Waals surface area contributed by atoms with Gasteiger partial charge in [-0.05, 0) is 37.5 Å². The molecule has 1 amide bonds. The largest absolute Gasteiger partial charge is 0.372 e. The van der Waals surface area contributed by atoms with E-state index in [-0.39, 0.29) is 11.9 Å². The molecule has 6 nitrogen and oxygen atoms in total. The molecule has 2 aliphatic heterocycles. The van der Waals surface area contributed by atoms with Crippen molar-refractivity contribution in [1.82, 2.24) is 20.8 Å². The number of rotatable bonds is 4. The summed E-state index contributed by atoms with van der Waals surface area (Å²) in [6.07, 6.45) is 3.41. The molecule has 1 atom stereocenters. The zero-order chi connectivity index (χ0) is 17.2. The number of aromatic amines is 1. The standard InChI is InChI=1S/C19H25N5O/c1-13(14-5-4-6-15(11-14)24-9-2-3-10-24)21-19(25)18-16-12-20-8-7-17(16)22-23-18/h4-6,11,13,20H,2-3,7-10,12H2,1H3,(H,21,25)(H,22,23). The average Bonchev–Trinajstić information content (AvgIpc) is 3.31. The molecule has 132 valence electrons. The summed E-state index contributed by atoms with van der Waals surface area (Å²) in [7, 11) is 0. The third kappa shape index (κ3) is 3.26. The second kappa shape index (κ2) is 6.88. The maximum atomic E-state index is 12.7. The first-order valence-corrected chi connectivity index (χ1v) is 9.15. The molecule has 2 aliphatic rings. The SMILES string of the molecule is CC(NC(=O)c1n[nH]c2c1CNCC2)c1cccc(N2CCCC2)c1. The highest BCUT2D eigenvalue weighted by Gasteiger charge is 2.23. The second-order valence-electron chi connectivity index (χ2n) is 6.94. The van der Waals surface area contributed by atoms with Gasteiger partial charge < -0.3 is 15.5 Å². The van der Waals surface area contributed by atoms with E-state index in [1.54, 1.807) is 0 Å². The number of nitrogens with zero attached hydrogens (tertiary/aromatic N) is 2. The molecule has 0 spiro atoms. The van der Waals surface area contributed by atoms with E-state index >= 15 is 0 Å². The van der Waals surface area contributed by atoms with Gasteiger partial charge in [-0.3, -0.25) is 9.89 Å². The van der Waals surface area contributed by atoms with Crippen molar-refractivity contribution in [3.8, 4) is 0 Å². The summed E-state index contributed by atoms with van der Waals surface area (Å²) < 4.78 is 0. The molecular weight excluding hydrogens is 314 g/mol. The van der Waals surface area contributed by atoms with Crippen LogP contribution in [0.1, 0.15) is 53.1 Å². The number of fused-ring (bicyclic) bond motifs is 1. The van der Waals surface area contributed by atoms with Gasteiger partial charge in [0.15, 0.2) is 5.69 Å². The topological polar surface area (TPSA) is 73.0 Å². The molecule has 1 saturated heterocycles. The average molecular weight is 339 g/mol. The summed E-state index contributed by atoms with van der Waals surface area (Å²) in [5.41, 5.74) is 4.97. The number of H-pyrrole nitrogens is 1. The van der Waals surface area contributed by atoms with Crippen molar-refractivity contribution in [1.29, 1.82) is 0 Å². The van der Waals surface area contributed by atoms with Crippen molar-refractivity contribution in [2.24, 2.45) is 0 Å². The number of nitrogens with one attached hydrogen (secondary N) is 3. The number of benzene rings is 1. The Morgan fingerprint density at radius 1 is 1.32 bits per heavy atom. The van der Waals surface area contributed by atoms with Crippen molar-refractivity contribution >= 4 is 11.6 Å². The molecule has 0 radical (unpaired) electrons. The molecule has 0 bridgehead atoms. The molecule has 25 heavy (non-hydrogen) atoms. The van der Waals surface area contributed by atoms with Crippen LogP contribution in [0.2, 0.25) is 0 Å². The predicted molar refractivity (Wildman–Crippen MR) is 97.8 cm³/mol. The van der Waals surface area contributed by atoms with Crippen LogP contribution in [0.15, 0.2) is 24.3 Å². The maximum Gasteiger partial charge on any atom is 0.272 e. The Balaban J connectivity index is 1.48. The summed E-state index contributed by atoms with van der Waals surface area (Å²) in [6, 6.07) is 8.44. The lowest BCUT2D eigenvalue weighted by atomic mass is 10.0. The van der Waals surface area contributed by atoms with Crippen molar-refractivity contribution in [3.05, 3.63) is 46.8 Å². The fourth-order valence-corrected chi connectivity index (χ4v) is 3.73. The van der Waals surface area contributed by atoms with E-state index in [4.69, 9.17) is 0 Å². The number of carbonyl (C=O) groups excluding carboxylic acids is 1. The summed E-state index contributed by atoms with van der Waals surface area (Å²) in [4.78, 5) is 15.1. The van der Waals surface area contributed by atoms with Gasteiger partial charge >= 0.3 is 0 Å². The summed E-state index contributed by atoms with van der Waals surface area (Å²) >= 11 is 0. The Bertz CT molecular complexity index is 763. The van der Waals surface area contributed by atoms with Gasteiger partial charge in [-0.25, -0.2) is 0 Å². The molecule has 3 N–H and O–H groups in total. The first-order chi connectivity index (χ1) is 12.2. The van der Waals surface area contributed by atoms with E-state index in [9.17, 15) is 4.79 Å². The van der Waals surface area contributed by atoms with Crippen molar-refractivity contribution < 1.29 is 4.79 Å². The molecule has 3 heterocycles. The molecule has 0 aliphatic carbocycles. The number of amides is 1. The molecule has 0 saturated carbocycles. The third-order valence-electron chi connectivity index (χ3n) is 5.21. The second-order valence-corrected chi connectivity index (χ2v) is 6.94. The lowest BCUT2D eigenvalue weighted by Gasteiger charge is -2.21. The van der Waals surface area contributed by atoms with Gasteiger partial charge in [0.1, 0.15) is 0 Å². The lowest BCUT2D eigenvalue weighted by Crippen LogP contribution is -2.30. The number of anilines is 1. The fraction of sp³-hybridized carbons (Fsp3) is 0.474. The smallest absolute Gasteiger partial charge is 0.272 e. The first-order valence-electron chi connectivity index (χ1n) is 9.15. The van der Waals surface area contributed by atoms with E-state index in [2.05, 4.69) is 50.0 Å². The van der Waals surface area contributed by atoms with E-state index in [0.29, 0.717) is 12.2 Å². The molecule has 1 unspecified atom stereocenters. The molecule has 1 aromatic carbocycles. The van der Waals surface area contributed by atoms with Crippen LogP contribution in [-0.2, 0) is 13.0 Å². The molecule has 1 fully saturated rings. The van der Waals surface area contributed by atoms with E-state index < -0.39 is 0 Å². The minimum Gasteiger partial charge on any atom is -0.372 e. The van der Waals surface area contributed by atoms with Crippen LogP contribution >= 0.6 is 0 Å². The quantitative estimate of drug-likeness (QED) is 0.798. The van der Waals surface area contributed by atoms with Gasteiger partial charge in [-0.1, -0.05) is 12.1 Å². The number of aromatic nitrogens is 2. The van der Waals surface area contributed by atoms with Crippen LogP contribution in [-0.4, -0.2) is 35.7 Å². The van der Waals surface area contributed by atoms with Crippen LogP contribution in [0, 0.1) is 0 Å². The summed E-state index contributed by atoms with van der Waals surface area (Å²) in [5.74, 6) is -0.111. The molecule has 2 aromatic rings. The number of carbonyl (C=O) groups is 1. The Labute approximate surface area is 148 Å². The van der Waals surface area contributed by atoms with E-state index in [0.717, 1.165) is 42.9 Å². The Hall–Kier alpha value is -2.34. The van der Waals surface area contributed by atoms with E-state index in [1.807, 2.05) is 6.92 Å². The Kier molecular flexibility index (Phi) is 4.44. The van der Waals surface area contributed by atoms with Gasteiger partial charge in [0.2, 0.25) is 0 Å². The van der Waals surface area contributed by atoms with Crippen LogP contribution < -0.4 is 15.5 Å². The van der Waals surface area contributed by atoms with Gasteiger partial charge in [0.05, 0.1) is 6.04 Å². The minimum atomic E-state index is -0.111. The van der Waals surface area contributed by atoms with Gasteiger partial charge in [0.25, 0.3) is 5.91 Å². The third-order valence-corrected chi connectivity index (χ3v) is 5.21. The summed E-state index contributed by atoms with van der Waals surface area (Å²) in [5, 5.41) is 13.6. The molecule has 4 rings (SSSR count). The van der Waals surface area contributed by atoms with Crippen molar-refractivity contribution in [2.75, 3.05) is 24.5 Å². The lowest BCUT2D eigenvalue weighted by molar-refractivity contribution is 0.0933. The van der Waals surface area contributed by atoms with Crippen molar-refractivity contribution in [3.63, 3.8) is 0 Å². The zero-order valence-corrected chi connectivity index (χ0v) is 14.6. The van der Waals surface area contributed by atoms with Crippen LogP contribution in [0.3, 0.4) is 0 Å². The fourth-order valence-electron chi connectivity index (χ4n) is 3.73. The number of hydrogen-bond acceptors (Lipinski definition) is 4. The monoisotopic (exact) mass is 339 g/mol. The normalized spacial score (nSPS) is 18.0. The minimum absolute atomic E-state index is 0.0565. The highest BCUT2D eigenvalue weighted by atomic mass is 16.2. The molecular formula is C19H25N5O. The van der Waals surface area contributed by atoms with Gasteiger partial charge in [0, 0.05) is 49.5 Å². The number of hydrogen-bond donors (Lipinski definition) is 3. The highest BCUT2D eigenvalue weighted by Crippen LogP contribution is 2.24. The van der Waals surface area contributed by atoms with Crippen LogP contribution in [0.4, 0.5) is 5.69 Å². The highest BCUT2D eigenvalue weighted by molar-refractivity contribution is 5.94. The van der Waals surface area contributed by atoms with Crippen LogP contribution in [0.25, 0.3) is 0 Å². The first kappa shape index (κ1) is 16.1. The van der Waals surface area contributed by atoms with Gasteiger partial charge in [-0.15, -0.1) is 0 Å². The zero-order valence-electron chi connectivity index (χ0n) is 14.6. The molecule has 6 heteroatoms. The predicted octanol–water partition coefficient (Wildman–Crippen LogP) is 2.15. The van der Waals surface area contributed by atoms with Crippen molar-refractivity contribution in [2.45, 2.75) is 38.8 Å². The molecule has 1 aromatic heterocycles. The summed E-state index contributed by atoms with van der Waals surface area (Å²) in [6.45, 7) is 5.90. The maximum absolute atomic E-state index is 12.7.